The van der Waals surface area contributed by atoms with Gasteiger partial charge >= 0.3 is 0 Å². The quantitative estimate of drug-likeness (QED) is 0.849. The Labute approximate surface area is 127 Å². The van der Waals surface area contributed by atoms with Gasteiger partial charge in [-0.15, -0.1) is 0 Å². The van der Waals surface area contributed by atoms with Crippen molar-refractivity contribution in [2.24, 2.45) is 10.4 Å². The van der Waals surface area contributed by atoms with Gasteiger partial charge in [0, 0.05) is 28.7 Å². The second-order valence-electron chi connectivity index (χ2n) is 5.29. The van der Waals surface area contributed by atoms with Crippen LogP contribution >= 0.6 is 27.7 Å². The first-order valence-electron chi connectivity index (χ1n) is 6.35. The summed E-state index contributed by atoms with van der Waals surface area (Å²) < 4.78 is 6.74. The molecule has 0 aliphatic carbocycles. The second kappa shape index (κ2) is 6.66. The monoisotopic (exact) mass is 342 g/mol. The first-order valence-corrected chi connectivity index (χ1v) is 8.13. The molecule has 2 rings (SSSR count). The Hall–Kier alpha value is -0.680. The van der Waals surface area contributed by atoms with Crippen LogP contribution in [-0.2, 0) is 0 Å². The molecule has 1 aliphatic rings. The van der Waals surface area contributed by atoms with Crippen LogP contribution in [0.2, 0.25) is 0 Å². The third-order valence-corrected chi connectivity index (χ3v) is 4.22. The van der Waals surface area contributed by atoms with Gasteiger partial charge in [-0.3, -0.25) is 4.99 Å². The Morgan fingerprint density at radius 1 is 1.37 bits per heavy atom. The molecule has 0 unspecified atom stereocenters. The summed E-state index contributed by atoms with van der Waals surface area (Å²) in [6, 6.07) is 7.90. The van der Waals surface area contributed by atoms with E-state index in [1.54, 1.807) is 11.8 Å². The number of hydrogen-bond donors (Lipinski definition) is 1. The minimum atomic E-state index is 0.276. The van der Waals surface area contributed by atoms with E-state index in [0.29, 0.717) is 6.61 Å². The first-order chi connectivity index (χ1) is 9.05. The van der Waals surface area contributed by atoms with Gasteiger partial charge in [-0.05, 0) is 24.3 Å². The molecular weight excluding hydrogens is 324 g/mol. The van der Waals surface area contributed by atoms with Crippen LogP contribution in [0, 0.1) is 5.41 Å². The van der Waals surface area contributed by atoms with Gasteiger partial charge in [0.15, 0.2) is 5.17 Å². The fraction of sp³-hybridized carbons (Fsp3) is 0.500. The largest absolute Gasteiger partial charge is 0.493 e. The van der Waals surface area contributed by atoms with Gasteiger partial charge < -0.3 is 10.1 Å². The first kappa shape index (κ1) is 14.7. The van der Waals surface area contributed by atoms with Crippen molar-refractivity contribution in [3.05, 3.63) is 28.7 Å². The molecule has 1 aromatic rings. The number of rotatable bonds is 4. The van der Waals surface area contributed by atoms with Gasteiger partial charge in [0.2, 0.25) is 0 Å². The molecule has 0 bridgehead atoms. The van der Waals surface area contributed by atoms with E-state index in [2.05, 4.69) is 40.1 Å². The summed E-state index contributed by atoms with van der Waals surface area (Å²) in [5, 5.41) is 4.41. The van der Waals surface area contributed by atoms with E-state index in [4.69, 9.17) is 4.74 Å². The molecule has 0 atom stereocenters. The van der Waals surface area contributed by atoms with Gasteiger partial charge in [-0.25, -0.2) is 0 Å². The fourth-order valence-electron chi connectivity index (χ4n) is 1.64. The van der Waals surface area contributed by atoms with Crippen LogP contribution in [0.4, 0.5) is 0 Å². The summed E-state index contributed by atoms with van der Waals surface area (Å²) in [5.41, 5.74) is 0.276. The predicted octanol–water partition coefficient (Wildman–Crippen LogP) is 3.55. The van der Waals surface area contributed by atoms with Crippen molar-refractivity contribution in [2.75, 3.05) is 25.4 Å². The minimum absolute atomic E-state index is 0.276. The van der Waals surface area contributed by atoms with E-state index in [1.165, 1.54) is 0 Å². The van der Waals surface area contributed by atoms with Gasteiger partial charge in [-0.1, -0.05) is 41.5 Å². The summed E-state index contributed by atoms with van der Waals surface area (Å²) in [7, 11) is 0. The maximum atomic E-state index is 5.67. The van der Waals surface area contributed by atoms with E-state index in [9.17, 15) is 0 Å². The highest BCUT2D eigenvalue weighted by atomic mass is 79.9. The van der Waals surface area contributed by atoms with Crippen molar-refractivity contribution < 1.29 is 4.74 Å². The van der Waals surface area contributed by atoms with Crippen LogP contribution in [0.3, 0.4) is 0 Å². The molecule has 1 N–H and O–H groups in total. The van der Waals surface area contributed by atoms with Crippen LogP contribution < -0.4 is 10.1 Å². The molecule has 104 valence electrons. The number of ether oxygens (including phenoxy) is 1. The average molecular weight is 343 g/mol. The lowest BCUT2D eigenvalue weighted by molar-refractivity contribution is 0.344. The molecule has 1 heterocycles. The Morgan fingerprint density at radius 2 is 2.11 bits per heavy atom. The fourth-order valence-corrected chi connectivity index (χ4v) is 2.59. The molecule has 0 radical (unpaired) electrons. The number of hydrogen-bond acceptors (Lipinski definition) is 4. The van der Waals surface area contributed by atoms with E-state index in [-0.39, 0.29) is 5.41 Å². The number of nitrogens with zero attached hydrogens (tertiary/aromatic N) is 1. The zero-order valence-corrected chi connectivity index (χ0v) is 13.7. The van der Waals surface area contributed by atoms with Crippen LogP contribution in [0.25, 0.3) is 0 Å². The summed E-state index contributed by atoms with van der Waals surface area (Å²) in [6.45, 7) is 7.03. The highest BCUT2D eigenvalue weighted by Crippen LogP contribution is 2.20. The normalized spacial score (nSPS) is 17.5. The molecule has 1 aromatic carbocycles. The Balaban J connectivity index is 1.67. The molecule has 5 heteroatoms. The standard InChI is InChI=1S/C14H19BrN2OS/c1-14(2)9-16-13(17-10-14)19-8-7-18-12-5-3-11(15)4-6-12/h3-6H,7-10H2,1-2H3,(H,16,17). The maximum absolute atomic E-state index is 5.67. The molecule has 0 fully saturated rings. The third kappa shape index (κ3) is 5.07. The van der Waals surface area contributed by atoms with Crippen LogP contribution in [-0.4, -0.2) is 30.6 Å². The van der Waals surface area contributed by atoms with E-state index in [1.807, 2.05) is 24.3 Å². The lowest BCUT2D eigenvalue weighted by Crippen LogP contribution is -2.39. The summed E-state index contributed by atoms with van der Waals surface area (Å²) in [5.74, 6) is 1.81. The molecule has 0 spiro atoms. The van der Waals surface area contributed by atoms with Crippen molar-refractivity contribution in [1.82, 2.24) is 5.32 Å². The van der Waals surface area contributed by atoms with Crippen molar-refractivity contribution in [2.45, 2.75) is 13.8 Å². The zero-order valence-electron chi connectivity index (χ0n) is 11.3. The second-order valence-corrected chi connectivity index (χ2v) is 7.29. The minimum Gasteiger partial charge on any atom is -0.493 e. The summed E-state index contributed by atoms with van der Waals surface area (Å²) in [6.07, 6.45) is 0. The average Bonchev–Trinajstić information content (AvgIpc) is 2.38. The van der Waals surface area contributed by atoms with Gasteiger partial charge in [-0.2, -0.15) is 0 Å². The van der Waals surface area contributed by atoms with Crippen molar-refractivity contribution in [1.29, 1.82) is 0 Å². The Bertz CT molecular complexity index is 445. The molecule has 0 saturated heterocycles. The van der Waals surface area contributed by atoms with Crippen molar-refractivity contribution >= 4 is 32.9 Å². The molecule has 0 saturated carbocycles. The number of amidine groups is 1. The summed E-state index contributed by atoms with van der Waals surface area (Å²) >= 11 is 5.13. The highest BCUT2D eigenvalue weighted by Gasteiger charge is 2.22. The van der Waals surface area contributed by atoms with Crippen LogP contribution in [0.5, 0.6) is 5.75 Å². The molecular formula is C14H19BrN2OS. The van der Waals surface area contributed by atoms with Crippen molar-refractivity contribution in [3.8, 4) is 5.75 Å². The Kier molecular flexibility index (Phi) is 5.16. The lowest BCUT2D eigenvalue weighted by atomic mass is 9.93. The van der Waals surface area contributed by atoms with Gasteiger partial charge in [0.05, 0.1) is 6.61 Å². The number of thioether (sulfide) groups is 1. The maximum Gasteiger partial charge on any atom is 0.156 e. The SMILES string of the molecule is CC1(C)CN=C(SCCOc2ccc(Br)cc2)NC1. The zero-order chi connectivity index (χ0) is 13.7. The molecule has 0 amide bonds. The summed E-state index contributed by atoms with van der Waals surface area (Å²) in [4.78, 5) is 4.55. The highest BCUT2D eigenvalue weighted by molar-refractivity contribution is 9.10. The van der Waals surface area contributed by atoms with Crippen LogP contribution in [0.15, 0.2) is 33.7 Å². The number of aliphatic imine (C=N–C) groups is 1. The number of benzene rings is 1. The smallest absolute Gasteiger partial charge is 0.156 e. The van der Waals surface area contributed by atoms with Crippen LogP contribution in [0.1, 0.15) is 13.8 Å². The van der Waals surface area contributed by atoms with Gasteiger partial charge in [0.1, 0.15) is 5.75 Å². The predicted molar refractivity (Wildman–Crippen MR) is 86.2 cm³/mol. The van der Waals surface area contributed by atoms with E-state index < -0.39 is 0 Å². The van der Waals surface area contributed by atoms with Gasteiger partial charge in [0.25, 0.3) is 0 Å². The number of nitrogens with one attached hydrogen (secondary N) is 1. The van der Waals surface area contributed by atoms with E-state index >= 15 is 0 Å². The Morgan fingerprint density at radius 3 is 2.74 bits per heavy atom. The molecule has 3 nitrogen and oxygen atoms in total. The van der Waals surface area contributed by atoms with E-state index in [0.717, 1.165) is 34.2 Å². The molecule has 19 heavy (non-hydrogen) atoms. The number of halogens is 1. The van der Waals surface area contributed by atoms with Crippen molar-refractivity contribution in [3.63, 3.8) is 0 Å². The molecule has 1 aliphatic heterocycles. The lowest BCUT2D eigenvalue weighted by Gasteiger charge is -2.28. The third-order valence-electron chi connectivity index (χ3n) is 2.77. The topological polar surface area (TPSA) is 33.6 Å². The molecule has 0 aromatic heterocycles.